The van der Waals surface area contributed by atoms with E-state index in [4.69, 9.17) is 9.15 Å². The highest BCUT2D eigenvalue weighted by molar-refractivity contribution is 8.00. The maximum Gasteiger partial charge on any atom is 0.277 e. The number of hydrogen-bond donors (Lipinski definition) is 1. The van der Waals surface area contributed by atoms with Crippen LogP contribution in [-0.2, 0) is 11.4 Å². The lowest BCUT2D eigenvalue weighted by Gasteiger charge is -2.15. The first-order valence-corrected chi connectivity index (χ1v) is 10.7. The van der Waals surface area contributed by atoms with Gasteiger partial charge in [-0.15, -0.1) is 10.2 Å². The van der Waals surface area contributed by atoms with Gasteiger partial charge >= 0.3 is 0 Å². The summed E-state index contributed by atoms with van der Waals surface area (Å²) in [5.74, 6) is 0.352. The second-order valence-electron chi connectivity index (χ2n) is 6.97. The van der Waals surface area contributed by atoms with Crippen molar-refractivity contribution in [1.29, 1.82) is 0 Å². The number of carbonyl (C=O) groups excluding carboxylic acids is 1. The molecule has 4 rings (SSSR count). The summed E-state index contributed by atoms with van der Waals surface area (Å²) in [5, 5.41) is 10.5. The highest BCUT2D eigenvalue weighted by atomic mass is 32.2. The second kappa shape index (κ2) is 10.1. The zero-order valence-corrected chi connectivity index (χ0v) is 18.0. The fourth-order valence-corrected chi connectivity index (χ4v) is 3.83. The molecule has 0 aliphatic rings. The van der Waals surface area contributed by atoms with Crippen LogP contribution in [0.2, 0.25) is 0 Å². The molecule has 0 fully saturated rings. The number of benzene rings is 3. The molecule has 4 aromatic rings. The van der Waals surface area contributed by atoms with Crippen LogP contribution in [0.15, 0.2) is 88.5 Å². The SMILES string of the molecule is Cc1cccc(OCc2nnc(S[C@@H](C(=O)Nc3ccc(F)cc3)c3ccccc3)o2)c1. The lowest BCUT2D eigenvalue weighted by molar-refractivity contribution is -0.115. The number of aryl methyl sites for hydroxylation is 1. The van der Waals surface area contributed by atoms with E-state index >= 15 is 0 Å². The van der Waals surface area contributed by atoms with Gasteiger partial charge in [0.15, 0.2) is 6.61 Å². The van der Waals surface area contributed by atoms with Crippen LogP contribution in [0.3, 0.4) is 0 Å². The van der Waals surface area contributed by atoms with E-state index in [-0.39, 0.29) is 23.6 Å². The van der Waals surface area contributed by atoms with Gasteiger partial charge in [0.1, 0.15) is 16.8 Å². The molecule has 32 heavy (non-hydrogen) atoms. The molecular formula is C24H20FN3O3S. The third-order valence-corrected chi connectivity index (χ3v) is 5.56. The number of rotatable bonds is 8. The Labute approximate surface area is 188 Å². The standard InChI is InChI=1S/C24H20FN3O3S/c1-16-6-5-9-20(14-16)30-15-21-27-28-24(31-21)32-22(17-7-3-2-4-8-17)23(29)26-19-12-10-18(25)11-13-19/h2-14,22H,15H2,1H3,(H,26,29)/t22-/m1/s1. The molecule has 1 aromatic heterocycles. The third-order valence-electron chi connectivity index (χ3n) is 4.47. The van der Waals surface area contributed by atoms with Crippen LogP contribution in [-0.4, -0.2) is 16.1 Å². The van der Waals surface area contributed by atoms with Crippen LogP contribution >= 0.6 is 11.8 Å². The highest BCUT2D eigenvalue weighted by Gasteiger charge is 2.25. The first-order valence-electron chi connectivity index (χ1n) is 9.87. The van der Waals surface area contributed by atoms with Crippen LogP contribution in [0.25, 0.3) is 0 Å². The molecule has 1 amide bonds. The van der Waals surface area contributed by atoms with Gasteiger partial charge in [0.05, 0.1) is 0 Å². The lowest BCUT2D eigenvalue weighted by atomic mass is 10.1. The van der Waals surface area contributed by atoms with Crippen LogP contribution in [0.1, 0.15) is 22.3 Å². The molecule has 0 saturated carbocycles. The average Bonchev–Trinajstić information content (AvgIpc) is 3.26. The molecule has 0 unspecified atom stereocenters. The summed E-state index contributed by atoms with van der Waals surface area (Å²) in [6.45, 7) is 2.10. The number of halogens is 1. The summed E-state index contributed by atoms with van der Waals surface area (Å²) in [6, 6.07) is 22.5. The van der Waals surface area contributed by atoms with E-state index in [9.17, 15) is 9.18 Å². The minimum absolute atomic E-state index is 0.120. The van der Waals surface area contributed by atoms with E-state index in [1.807, 2.05) is 61.5 Å². The van der Waals surface area contributed by atoms with Gasteiger partial charge in [0.25, 0.3) is 11.1 Å². The predicted molar refractivity (Wildman–Crippen MR) is 120 cm³/mol. The molecular weight excluding hydrogens is 429 g/mol. The third kappa shape index (κ3) is 5.73. The quantitative estimate of drug-likeness (QED) is 0.355. The fourth-order valence-electron chi connectivity index (χ4n) is 2.94. The number of hydrogen-bond acceptors (Lipinski definition) is 6. The fraction of sp³-hybridized carbons (Fsp3) is 0.125. The minimum Gasteiger partial charge on any atom is -0.484 e. The van der Waals surface area contributed by atoms with E-state index in [0.717, 1.165) is 22.9 Å². The number of nitrogens with zero attached hydrogens (tertiary/aromatic N) is 2. The van der Waals surface area contributed by atoms with Crippen molar-refractivity contribution in [3.05, 3.63) is 102 Å². The van der Waals surface area contributed by atoms with E-state index in [1.165, 1.54) is 24.3 Å². The molecule has 162 valence electrons. The van der Waals surface area contributed by atoms with Gasteiger partial charge in [-0.2, -0.15) is 0 Å². The lowest BCUT2D eigenvalue weighted by Crippen LogP contribution is -2.19. The molecule has 0 radical (unpaired) electrons. The molecule has 6 nitrogen and oxygen atoms in total. The minimum atomic E-state index is -0.646. The number of amides is 1. The molecule has 0 aliphatic heterocycles. The Bertz CT molecular complexity index is 1180. The van der Waals surface area contributed by atoms with Gasteiger partial charge in [-0.3, -0.25) is 4.79 Å². The van der Waals surface area contributed by atoms with Crippen LogP contribution in [0.4, 0.5) is 10.1 Å². The van der Waals surface area contributed by atoms with E-state index in [0.29, 0.717) is 17.3 Å². The number of thioether (sulfide) groups is 1. The monoisotopic (exact) mass is 449 g/mol. The van der Waals surface area contributed by atoms with Gasteiger partial charge < -0.3 is 14.5 Å². The van der Waals surface area contributed by atoms with Crippen molar-refractivity contribution >= 4 is 23.4 Å². The van der Waals surface area contributed by atoms with Crippen LogP contribution in [0.5, 0.6) is 5.75 Å². The Morgan fingerprint density at radius 1 is 1.06 bits per heavy atom. The topological polar surface area (TPSA) is 77.2 Å². The molecule has 0 spiro atoms. The summed E-state index contributed by atoms with van der Waals surface area (Å²) in [7, 11) is 0. The van der Waals surface area contributed by atoms with Crippen molar-refractivity contribution in [3.8, 4) is 5.75 Å². The van der Waals surface area contributed by atoms with Gasteiger partial charge in [-0.1, -0.05) is 42.5 Å². The Morgan fingerprint density at radius 2 is 1.84 bits per heavy atom. The van der Waals surface area contributed by atoms with Gasteiger partial charge in [-0.25, -0.2) is 4.39 Å². The van der Waals surface area contributed by atoms with Crippen molar-refractivity contribution in [3.63, 3.8) is 0 Å². The van der Waals surface area contributed by atoms with Crippen LogP contribution < -0.4 is 10.1 Å². The highest BCUT2D eigenvalue weighted by Crippen LogP contribution is 2.35. The Kier molecular flexibility index (Phi) is 6.81. The number of aromatic nitrogens is 2. The summed E-state index contributed by atoms with van der Waals surface area (Å²) in [4.78, 5) is 13.0. The van der Waals surface area contributed by atoms with E-state index in [2.05, 4.69) is 15.5 Å². The first-order chi connectivity index (χ1) is 15.6. The van der Waals surface area contributed by atoms with Crippen molar-refractivity contribution in [2.24, 2.45) is 0 Å². The average molecular weight is 450 g/mol. The smallest absolute Gasteiger partial charge is 0.277 e. The van der Waals surface area contributed by atoms with Gasteiger partial charge in [0, 0.05) is 5.69 Å². The zero-order chi connectivity index (χ0) is 22.3. The zero-order valence-electron chi connectivity index (χ0n) is 17.2. The maximum absolute atomic E-state index is 13.2. The summed E-state index contributed by atoms with van der Waals surface area (Å²) < 4.78 is 24.6. The summed E-state index contributed by atoms with van der Waals surface area (Å²) in [6.07, 6.45) is 0. The number of ether oxygens (including phenoxy) is 1. The van der Waals surface area contributed by atoms with Gasteiger partial charge in [0.2, 0.25) is 5.91 Å². The largest absolute Gasteiger partial charge is 0.484 e. The maximum atomic E-state index is 13.2. The van der Waals surface area contributed by atoms with Crippen molar-refractivity contribution in [2.75, 3.05) is 5.32 Å². The Balaban J connectivity index is 1.46. The van der Waals surface area contributed by atoms with Crippen molar-refractivity contribution < 1.29 is 18.3 Å². The molecule has 0 saturated heterocycles. The summed E-state index contributed by atoms with van der Waals surface area (Å²) >= 11 is 1.14. The van der Waals surface area contributed by atoms with Gasteiger partial charge in [-0.05, 0) is 66.2 Å². The van der Waals surface area contributed by atoms with Crippen molar-refractivity contribution in [1.82, 2.24) is 10.2 Å². The molecule has 1 N–H and O–H groups in total. The Morgan fingerprint density at radius 3 is 2.59 bits per heavy atom. The number of nitrogens with one attached hydrogen (secondary N) is 1. The number of carbonyl (C=O) groups is 1. The van der Waals surface area contributed by atoms with E-state index < -0.39 is 5.25 Å². The molecule has 3 aromatic carbocycles. The predicted octanol–water partition coefficient (Wildman–Crippen LogP) is 5.57. The summed E-state index contributed by atoms with van der Waals surface area (Å²) in [5.41, 5.74) is 2.35. The second-order valence-corrected chi connectivity index (χ2v) is 8.03. The molecule has 1 atom stereocenters. The van der Waals surface area contributed by atoms with Crippen LogP contribution in [0, 0.1) is 12.7 Å². The molecule has 8 heteroatoms. The number of anilines is 1. The Hall–Kier alpha value is -3.65. The normalized spacial score (nSPS) is 11.7. The first kappa shape index (κ1) is 21.6. The molecule has 0 bridgehead atoms. The van der Waals surface area contributed by atoms with Crippen molar-refractivity contribution in [2.45, 2.75) is 24.0 Å². The molecule has 1 heterocycles. The van der Waals surface area contributed by atoms with E-state index in [1.54, 1.807) is 0 Å². The molecule has 0 aliphatic carbocycles.